The molecule has 0 unspecified atom stereocenters. The van der Waals surface area contributed by atoms with Crippen LogP contribution < -0.4 is 5.73 Å². The molecule has 6 nitrogen and oxygen atoms in total. The Morgan fingerprint density at radius 3 is 2.85 bits per heavy atom. The van der Waals surface area contributed by atoms with Gasteiger partial charge in [-0.2, -0.15) is 4.98 Å². The molecule has 0 amide bonds. The van der Waals surface area contributed by atoms with Crippen LogP contribution in [0.1, 0.15) is 16.7 Å². The predicted octanol–water partition coefficient (Wildman–Crippen LogP) is 1.77. The second-order valence-corrected chi connectivity index (χ2v) is 5.67. The first-order valence-corrected chi connectivity index (χ1v) is 7.11. The van der Waals surface area contributed by atoms with E-state index in [1.807, 2.05) is 25.2 Å². The van der Waals surface area contributed by atoms with Crippen molar-refractivity contribution in [3.8, 4) is 0 Å². The average Bonchev–Trinajstić information content (AvgIpc) is 3.04. The SMILES string of the molecule is CN(Cc1noc(CN)n1)Cc1nc2ccccc2s1. The molecular formula is C13H15N5OS. The summed E-state index contributed by atoms with van der Waals surface area (Å²) < 4.78 is 6.20. The molecule has 7 heteroatoms. The highest BCUT2D eigenvalue weighted by molar-refractivity contribution is 7.18. The second kappa shape index (κ2) is 5.66. The normalized spacial score (nSPS) is 11.6. The van der Waals surface area contributed by atoms with Gasteiger partial charge in [0.2, 0.25) is 5.89 Å². The summed E-state index contributed by atoms with van der Waals surface area (Å²) in [4.78, 5) is 10.9. The van der Waals surface area contributed by atoms with Crippen molar-refractivity contribution in [2.45, 2.75) is 19.6 Å². The van der Waals surface area contributed by atoms with Gasteiger partial charge in [-0.05, 0) is 19.2 Å². The van der Waals surface area contributed by atoms with Gasteiger partial charge < -0.3 is 10.3 Å². The summed E-state index contributed by atoms with van der Waals surface area (Å²) in [5.74, 6) is 1.11. The lowest BCUT2D eigenvalue weighted by molar-refractivity contribution is 0.299. The zero-order valence-corrected chi connectivity index (χ0v) is 11.9. The standard InChI is InChI=1S/C13H15N5OS/c1-18(7-11-16-12(6-14)19-17-11)8-13-15-9-4-2-3-5-10(9)20-13/h2-5H,6-8,14H2,1H3. The van der Waals surface area contributed by atoms with Crippen molar-refractivity contribution in [3.05, 3.63) is 41.0 Å². The molecule has 2 heterocycles. The Bertz CT molecular complexity index is 674. The van der Waals surface area contributed by atoms with E-state index in [-0.39, 0.29) is 6.54 Å². The molecule has 0 aliphatic heterocycles. The van der Waals surface area contributed by atoms with E-state index in [0.717, 1.165) is 17.1 Å². The molecule has 0 bridgehead atoms. The van der Waals surface area contributed by atoms with E-state index in [4.69, 9.17) is 10.3 Å². The summed E-state index contributed by atoms with van der Waals surface area (Å²) in [6, 6.07) is 8.15. The minimum Gasteiger partial charge on any atom is -0.338 e. The van der Waals surface area contributed by atoms with Crippen molar-refractivity contribution in [3.63, 3.8) is 0 Å². The summed E-state index contributed by atoms with van der Waals surface area (Å²) in [7, 11) is 2.00. The van der Waals surface area contributed by atoms with Gasteiger partial charge in [-0.3, -0.25) is 4.90 Å². The fourth-order valence-electron chi connectivity index (χ4n) is 1.95. The molecule has 2 N–H and O–H groups in total. The lowest BCUT2D eigenvalue weighted by Crippen LogP contribution is -2.18. The number of nitrogens with two attached hydrogens (primary N) is 1. The van der Waals surface area contributed by atoms with Gasteiger partial charge >= 0.3 is 0 Å². The van der Waals surface area contributed by atoms with E-state index in [1.54, 1.807) is 11.3 Å². The number of rotatable bonds is 5. The monoisotopic (exact) mass is 289 g/mol. The van der Waals surface area contributed by atoms with Gasteiger partial charge in [-0.25, -0.2) is 4.98 Å². The molecule has 0 atom stereocenters. The van der Waals surface area contributed by atoms with E-state index < -0.39 is 0 Å². The van der Waals surface area contributed by atoms with Crippen LogP contribution in [0.4, 0.5) is 0 Å². The largest absolute Gasteiger partial charge is 0.338 e. The Morgan fingerprint density at radius 2 is 2.10 bits per heavy atom. The molecular weight excluding hydrogens is 274 g/mol. The molecule has 0 aliphatic rings. The van der Waals surface area contributed by atoms with Gasteiger partial charge in [0.15, 0.2) is 5.82 Å². The molecule has 0 radical (unpaired) electrons. The Labute approximate surface area is 120 Å². The number of hydrogen-bond donors (Lipinski definition) is 1. The van der Waals surface area contributed by atoms with E-state index in [1.165, 1.54) is 4.70 Å². The summed E-state index contributed by atoms with van der Waals surface area (Å²) >= 11 is 1.71. The molecule has 2 aromatic heterocycles. The van der Waals surface area contributed by atoms with Crippen LogP contribution in [-0.2, 0) is 19.6 Å². The van der Waals surface area contributed by atoms with Gasteiger partial charge in [0.1, 0.15) is 5.01 Å². The van der Waals surface area contributed by atoms with E-state index >= 15 is 0 Å². The molecule has 0 saturated heterocycles. The van der Waals surface area contributed by atoms with E-state index in [0.29, 0.717) is 18.3 Å². The highest BCUT2D eigenvalue weighted by Gasteiger charge is 2.10. The van der Waals surface area contributed by atoms with Crippen LogP contribution in [0.5, 0.6) is 0 Å². The highest BCUT2D eigenvalue weighted by Crippen LogP contribution is 2.22. The predicted molar refractivity (Wildman–Crippen MR) is 77.0 cm³/mol. The first kappa shape index (κ1) is 13.2. The number of benzene rings is 1. The number of fused-ring (bicyclic) bond motifs is 1. The van der Waals surface area contributed by atoms with Crippen LogP contribution in [0.3, 0.4) is 0 Å². The van der Waals surface area contributed by atoms with Crippen LogP contribution in [0.2, 0.25) is 0 Å². The van der Waals surface area contributed by atoms with Crippen molar-refractivity contribution < 1.29 is 4.52 Å². The van der Waals surface area contributed by atoms with E-state index in [9.17, 15) is 0 Å². The van der Waals surface area contributed by atoms with Crippen molar-refractivity contribution in [2.24, 2.45) is 5.73 Å². The maximum atomic E-state index is 5.44. The van der Waals surface area contributed by atoms with E-state index in [2.05, 4.69) is 26.1 Å². The zero-order valence-electron chi connectivity index (χ0n) is 11.1. The quantitative estimate of drug-likeness (QED) is 0.771. The van der Waals surface area contributed by atoms with Gasteiger partial charge in [-0.1, -0.05) is 17.3 Å². The number of nitrogens with zero attached hydrogens (tertiary/aromatic N) is 4. The molecule has 0 aliphatic carbocycles. The Balaban J connectivity index is 1.67. The van der Waals surface area contributed by atoms with Crippen LogP contribution in [0.15, 0.2) is 28.8 Å². The molecule has 3 rings (SSSR count). The molecule has 20 heavy (non-hydrogen) atoms. The average molecular weight is 289 g/mol. The van der Waals surface area contributed by atoms with Crippen molar-refractivity contribution in [2.75, 3.05) is 7.05 Å². The Morgan fingerprint density at radius 1 is 1.25 bits per heavy atom. The van der Waals surface area contributed by atoms with Gasteiger partial charge in [0.05, 0.1) is 29.9 Å². The minimum absolute atomic E-state index is 0.272. The van der Waals surface area contributed by atoms with Gasteiger partial charge in [0, 0.05) is 0 Å². The van der Waals surface area contributed by atoms with Gasteiger partial charge in [-0.15, -0.1) is 11.3 Å². The van der Waals surface area contributed by atoms with Crippen LogP contribution >= 0.6 is 11.3 Å². The third-order valence-electron chi connectivity index (χ3n) is 2.84. The van der Waals surface area contributed by atoms with Crippen LogP contribution in [-0.4, -0.2) is 27.1 Å². The highest BCUT2D eigenvalue weighted by atomic mass is 32.1. The summed E-state index contributed by atoms with van der Waals surface area (Å²) in [5, 5.41) is 4.97. The Hall–Kier alpha value is -1.83. The first-order chi connectivity index (χ1) is 9.74. The van der Waals surface area contributed by atoms with Gasteiger partial charge in [0.25, 0.3) is 0 Å². The lowest BCUT2D eigenvalue weighted by Gasteiger charge is -2.11. The molecule has 1 aromatic carbocycles. The number of hydrogen-bond acceptors (Lipinski definition) is 7. The van der Waals surface area contributed by atoms with Crippen molar-refractivity contribution in [1.82, 2.24) is 20.0 Å². The molecule has 0 fully saturated rings. The van der Waals surface area contributed by atoms with Crippen molar-refractivity contribution in [1.29, 1.82) is 0 Å². The minimum atomic E-state index is 0.272. The second-order valence-electron chi connectivity index (χ2n) is 4.56. The zero-order chi connectivity index (χ0) is 13.9. The number of thiazole rings is 1. The summed E-state index contributed by atoms with van der Waals surface area (Å²) in [5.41, 5.74) is 6.49. The number of para-hydroxylation sites is 1. The lowest BCUT2D eigenvalue weighted by atomic mass is 10.3. The topological polar surface area (TPSA) is 81.1 Å². The third kappa shape index (κ3) is 2.84. The Kier molecular flexibility index (Phi) is 3.72. The fourth-order valence-corrected chi connectivity index (χ4v) is 3.00. The molecule has 0 saturated carbocycles. The molecule has 3 aromatic rings. The smallest absolute Gasteiger partial charge is 0.240 e. The summed E-state index contributed by atoms with van der Waals surface area (Å²) in [6.07, 6.45) is 0. The molecule has 104 valence electrons. The number of aromatic nitrogens is 3. The van der Waals surface area contributed by atoms with Crippen LogP contribution in [0.25, 0.3) is 10.2 Å². The first-order valence-electron chi connectivity index (χ1n) is 6.29. The summed E-state index contributed by atoms with van der Waals surface area (Å²) in [6.45, 7) is 1.64. The maximum Gasteiger partial charge on any atom is 0.240 e. The maximum absolute atomic E-state index is 5.44. The fraction of sp³-hybridized carbons (Fsp3) is 0.308. The van der Waals surface area contributed by atoms with Crippen LogP contribution in [0, 0.1) is 0 Å². The molecule has 0 spiro atoms. The third-order valence-corrected chi connectivity index (χ3v) is 3.86. The van der Waals surface area contributed by atoms with Crippen molar-refractivity contribution >= 4 is 21.6 Å².